The first-order valence-corrected chi connectivity index (χ1v) is 5.72. The van der Waals surface area contributed by atoms with Gasteiger partial charge in [0.15, 0.2) is 0 Å². The molecule has 2 rings (SSSR count). The van der Waals surface area contributed by atoms with E-state index in [9.17, 15) is 4.79 Å². The Labute approximate surface area is 90.8 Å². The van der Waals surface area contributed by atoms with Crippen molar-refractivity contribution in [3.05, 3.63) is 0 Å². The molecule has 4 heteroatoms. The van der Waals surface area contributed by atoms with Crippen molar-refractivity contribution >= 4 is 5.91 Å². The number of ether oxygens (including phenoxy) is 1. The summed E-state index contributed by atoms with van der Waals surface area (Å²) in [4.78, 5) is 14.1. The predicted molar refractivity (Wildman–Crippen MR) is 57.3 cm³/mol. The van der Waals surface area contributed by atoms with Crippen molar-refractivity contribution in [2.24, 2.45) is 11.1 Å². The fourth-order valence-electron chi connectivity index (χ4n) is 2.34. The average molecular weight is 212 g/mol. The van der Waals surface area contributed by atoms with Crippen LogP contribution in [0.2, 0.25) is 0 Å². The second-order valence-corrected chi connectivity index (χ2v) is 4.95. The van der Waals surface area contributed by atoms with Crippen molar-refractivity contribution in [2.45, 2.75) is 38.9 Å². The summed E-state index contributed by atoms with van der Waals surface area (Å²) in [6.07, 6.45) is 2.21. The second-order valence-electron chi connectivity index (χ2n) is 4.95. The van der Waals surface area contributed by atoms with Gasteiger partial charge >= 0.3 is 0 Å². The molecule has 1 aliphatic carbocycles. The summed E-state index contributed by atoms with van der Waals surface area (Å²) in [7, 11) is 0. The number of rotatable bonds is 2. The molecule has 2 atom stereocenters. The first-order valence-electron chi connectivity index (χ1n) is 5.72. The molecule has 2 N–H and O–H groups in total. The largest absolute Gasteiger partial charge is 0.372 e. The van der Waals surface area contributed by atoms with Gasteiger partial charge in [-0.15, -0.1) is 0 Å². The molecule has 1 heterocycles. The Hall–Kier alpha value is -0.610. The van der Waals surface area contributed by atoms with Gasteiger partial charge in [0.25, 0.3) is 0 Å². The van der Waals surface area contributed by atoms with Crippen LogP contribution in [0.5, 0.6) is 0 Å². The van der Waals surface area contributed by atoms with Gasteiger partial charge in [-0.1, -0.05) is 0 Å². The van der Waals surface area contributed by atoms with Gasteiger partial charge in [0, 0.05) is 19.6 Å². The first kappa shape index (κ1) is 10.9. The monoisotopic (exact) mass is 212 g/mol. The number of nitrogens with two attached hydrogens (primary N) is 1. The van der Waals surface area contributed by atoms with Crippen molar-refractivity contribution < 1.29 is 9.53 Å². The standard InChI is InChI=1S/C11H20N2O2/c1-8-5-13(6-9(2)15-8)10(14)11(7-12)3-4-11/h8-9H,3-7,12H2,1-2H3. The fourth-order valence-corrected chi connectivity index (χ4v) is 2.34. The Morgan fingerprint density at radius 3 is 2.33 bits per heavy atom. The molecular formula is C11H20N2O2. The third-order valence-electron chi connectivity index (χ3n) is 3.40. The van der Waals surface area contributed by atoms with Crippen molar-refractivity contribution in [1.82, 2.24) is 4.90 Å². The zero-order valence-corrected chi connectivity index (χ0v) is 9.53. The Morgan fingerprint density at radius 1 is 1.40 bits per heavy atom. The summed E-state index contributed by atoms with van der Waals surface area (Å²) in [6, 6.07) is 0. The zero-order chi connectivity index (χ0) is 11.1. The first-order chi connectivity index (χ1) is 7.07. The van der Waals surface area contributed by atoms with Gasteiger partial charge < -0.3 is 15.4 Å². The average Bonchev–Trinajstić information content (AvgIpc) is 2.95. The lowest BCUT2D eigenvalue weighted by Crippen LogP contribution is -2.51. The normalized spacial score (nSPS) is 33.9. The van der Waals surface area contributed by atoms with E-state index in [4.69, 9.17) is 10.5 Å². The number of hydrogen-bond acceptors (Lipinski definition) is 3. The number of nitrogens with zero attached hydrogens (tertiary/aromatic N) is 1. The summed E-state index contributed by atoms with van der Waals surface area (Å²) in [5, 5.41) is 0. The molecule has 0 aromatic rings. The third kappa shape index (κ3) is 2.01. The molecule has 1 amide bonds. The van der Waals surface area contributed by atoms with Crippen LogP contribution in [0.4, 0.5) is 0 Å². The summed E-state index contributed by atoms with van der Waals surface area (Å²) in [5.74, 6) is 0.243. The van der Waals surface area contributed by atoms with E-state index in [-0.39, 0.29) is 23.5 Å². The van der Waals surface area contributed by atoms with Gasteiger partial charge in [0.1, 0.15) is 0 Å². The van der Waals surface area contributed by atoms with Crippen LogP contribution in [-0.2, 0) is 9.53 Å². The van der Waals surface area contributed by atoms with E-state index in [0.29, 0.717) is 19.6 Å². The summed E-state index contributed by atoms with van der Waals surface area (Å²) >= 11 is 0. The molecule has 0 aromatic heterocycles. The van der Waals surface area contributed by atoms with E-state index in [0.717, 1.165) is 12.8 Å². The zero-order valence-electron chi connectivity index (χ0n) is 9.53. The fraction of sp³-hybridized carbons (Fsp3) is 0.909. The van der Waals surface area contributed by atoms with Crippen LogP contribution in [-0.4, -0.2) is 42.6 Å². The van der Waals surface area contributed by atoms with Crippen LogP contribution in [0.3, 0.4) is 0 Å². The van der Waals surface area contributed by atoms with Crippen LogP contribution < -0.4 is 5.73 Å². The van der Waals surface area contributed by atoms with Gasteiger partial charge in [0.05, 0.1) is 17.6 Å². The molecule has 15 heavy (non-hydrogen) atoms. The third-order valence-corrected chi connectivity index (χ3v) is 3.40. The van der Waals surface area contributed by atoms with Crippen molar-refractivity contribution in [3.63, 3.8) is 0 Å². The van der Waals surface area contributed by atoms with E-state index in [1.165, 1.54) is 0 Å². The minimum absolute atomic E-state index is 0.145. The molecule has 0 bridgehead atoms. The summed E-state index contributed by atoms with van der Waals surface area (Å²) in [5.41, 5.74) is 5.46. The van der Waals surface area contributed by atoms with Crippen LogP contribution in [0.25, 0.3) is 0 Å². The highest BCUT2D eigenvalue weighted by molar-refractivity contribution is 5.85. The summed E-state index contributed by atoms with van der Waals surface area (Å²) < 4.78 is 5.61. The Balaban J connectivity index is 2.01. The maximum Gasteiger partial charge on any atom is 0.230 e. The topological polar surface area (TPSA) is 55.6 Å². The van der Waals surface area contributed by atoms with Gasteiger partial charge in [0.2, 0.25) is 5.91 Å². The Morgan fingerprint density at radius 2 is 1.93 bits per heavy atom. The highest BCUT2D eigenvalue weighted by Gasteiger charge is 2.51. The minimum Gasteiger partial charge on any atom is -0.372 e. The second kappa shape index (κ2) is 3.76. The van der Waals surface area contributed by atoms with Crippen molar-refractivity contribution in [2.75, 3.05) is 19.6 Å². The van der Waals surface area contributed by atoms with Crippen LogP contribution >= 0.6 is 0 Å². The predicted octanol–water partition coefficient (Wildman–Crippen LogP) is 0.361. The molecule has 1 saturated heterocycles. The number of hydrogen-bond donors (Lipinski definition) is 1. The molecule has 2 unspecified atom stereocenters. The van der Waals surface area contributed by atoms with E-state index in [2.05, 4.69) is 0 Å². The quantitative estimate of drug-likeness (QED) is 0.719. The highest BCUT2D eigenvalue weighted by Crippen LogP contribution is 2.46. The molecule has 4 nitrogen and oxygen atoms in total. The van der Waals surface area contributed by atoms with Gasteiger partial charge in [-0.2, -0.15) is 0 Å². The SMILES string of the molecule is CC1CN(C(=O)C2(CN)CC2)CC(C)O1. The molecule has 0 radical (unpaired) electrons. The lowest BCUT2D eigenvalue weighted by atomic mass is 10.0. The van der Waals surface area contributed by atoms with Gasteiger partial charge in [-0.05, 0) is 26.7 Å². The Kier molecular flexibility index (Phi) is 2.73. The molecule has 1 saturated carbocycles. The number of morpholine rings is 1. The van der Waals surface area contributed by atoms with E-state index in [1.807, 2.05) is 18.7 Å². The maximum absolute atomic E-state index is 12.2. The van der Waals surface area contributed by atoms with E-state index >= 15 is 0 Å². The molecular weight excluding hydrogens is 192 g/mol. The van der Waals surface area contributed by atoms with Crippen molar-refractivity contribution in [1.29, 1.82) is 0 Å². The molecule has 86 valence electrons. The smallest absolute Gasteiger partial charge is 0.230 e. The lowest BCUT2D eigenvalue weighted by Gasteiger charge is -2.37. The van der Waals surface area contributed by atoms with E-state index < -0.39 is 0 Å². The Bertz CT molecular complexity index is 253. The summed E-state index contributed by atoms with van der Waals surface area (Å²) in [6.45, 7) is 5.94. The maximum atomic E-state index is 12.2. The molecule has 2 fully saturated rings. The van der Waals surface area contributed by atoms with Crippen molar-refractivity contribution in [3.8, 4) is 0 Å². The van der Waals surface area contributed by atoms with Gasteiger partial charge in [-0.25, -0.2) is 0 Å². The van der Waals surface area contributed by atoms with Crippen LogP contribution in [0.1, 0.15) is 26.7 Å². The number of amides is 1. The van der Waals surface area contributed by atoms with Gasteiger partial charge in [-0.3, -0.25) is 4.79 Å². The highest BCUT2D eigenvalue weighted by atomic mass is 16.5. The number of carbonyl (C=O) groups excluding carboxylic acids is 1. The molecule has 0 aromatic carbocycles. The number of carbonyl (C=O) groups is 1. The van der Waals surface area contributed by atoms with Crippen LogP contribution in [0.15, 0.2) is 0 Å². The lowest BCUT2D eigenvalue weighted by molar-refractivity contribution is -0.148. The molecule has 0 spiro atoms. The molecule has 2 aliphatic rings. The van der Waals surface area contributed by atoms with E-state index in [1.54, 1.807) is 0 Å². The molecule has 1 aliphatic heterocycles. The van der Waals surface area contributed by atoms with Crippen LogP contribution in [0, 0.1) is 5.41 Å². The minimum atomic E-state index is -0.212.